The minimum atomic E-state index is -2.24. The molecule has 11 atom stereocenters. The highest BCUT2D eigenvalue weighted by Crippen LogP contribution is 2.53. The van der Waals surface area contributed by atoms with E-state index in [4.69, 9.17) is 32.8 Å². The molecule has 0 aliphatic carbocycles. The van der Waals surface area contributed by atoms with Gasteiger partial charge in [0.25, 0.3) is 0 Å². The molecule has 0 saturated carbocycles. The molecule has 0 radical (unpaired) electrons. The molecule has 1 N–H and O–H groups in total. The van der Waals surface area contributed by atoms with Crippen molar-refractivity contribution in [3.8, 4) is 0 Å². The zero-order chi connectivity index (χ0) is 39.4. The number of Topliss-reactive ketones (excluding diaryl/α,β-unsaturated/α-hetero) is 1. The molecule has 2 spiro atoms. The van der Waals surface area contributed by atoms with E-state index in [1.165, 1.54) is 13.8 Å². The number of hydrogen-bond acceptors (Lipinski definition) is 11. The monoisotopic (exact) mass is 762 g/mol. The molecule has 300 valence electrons. The molecule has 3 fully saturated rings. The van der Waals surface area contributed by atoms with Gasteiger partial charge < -0.3 is 38.0 Å². The largest absolute Gasteiger partial charge is 0.466 e. The van der Waals surface area contributed by atoms with Crippen LogP contribution in [-0.4, -0.2) is 92.6 Å². The van der Waals surface area contributed by atoms with Gasteiger partial charge in [-0.15, -0.1) is 0 Å². The number of carbonyl (C=O) groups excluding carboxylic acids is 3. The quantitative estimate of drug-likeness (QED) is 0.0746. The summed E-state index contributed by atoms with van der Waals surface area (Å²) in [5.41, 5.74) is 0.659. The minimum absolute atomic E-state index is 0.0113. The maximum absolute atomic E-state index is 13.8. The SMILES string of the molecule is C=C(COC(C)=O)[C@@H](O[Si](C)(C)C(C)(C)C)[C@@H](C)C[C@@H](C)C(=O)[C@H](O)[C@@H]1C[C@H]2O[C@@]3(CC[C@]4(CC=C[C@@H](/C=C/CCCOC(C)=O)O4)O3)[C@H](C)C[C@H]2O1. The Morgan fingerprint density at radius 3 is 2.42 bits per heavy atom. The van der Waals surface area contributed by atoms with Gasteiger partial charge in [-0.3, -0.25) is 14.4 Å². The van der Waals surface area contributed by atoms with Crippen molar-refractivity contribution in [2.45, 2.75) is 173 Å². The number of aliphatic hydroxyl groups is 1. The molecular formula is C41H66O11Si. The summed E-state index contributed by atoms with van der Waals surface area (Å²) >= 11 is 0. The molecule has 4 aliphatic rings. The van der Waals surface area contributed by atoms with Crippen LogP contribution in [0.1, 0.15) is 107 Å². The maximum Gasteiger partial charge on any atom is 0.302 e. The molecule has 12 heteroatoms. The third-order valence-electron chi connectivity index (χ3n) is 11.8. The number of carbonyl (C=O) groups is 3. The van der Waals surface area contributed by atoms with Gasteiger partial charge in [-0.05, 0) is 55.3 Å². The van der Waals surface area contributed by atoms with E-state index in [1.54, 1.807) is 0 Å². The molecular weight excluding hydrogens is 697 g/mol. The van der Waals surface area contributed by atoms with Crippen LogP contribution >= 0.6 is 0 Å². The Bertz CT molecular complexity index is 1370. The fourth-order valence-electron chi connectivity index (χ4n) is 7.73. The molecule has 0 bridgehead atoms. The average Bonchev–Trinajstić information content (AvgIpc) is 3.63. The number of rotatable bonds is 16. The Morgan fingerprint density at radius 1 is 1.06 bits per heavy atom. The van der Waals surface area contributed by atoms with E-state index in [0.29, 0.717) is 50.7 Å². The summed E-state index contributed by atoms with van der Waals surface area (Å²) in [6.45, 7) is 24.2. The first-order chi connectivity index (χ1) is 24.7. The Balaban J connectivity index is 1.34. The van der Waals surface area contributed by atoms with Gasteiger partial charge in [-0.1, -0.05) is 72.4 Å². The lowest BCUT2D eigenvalue weighted by Crippen LogP contribution is -2.53. The fraction of sp³-hybridized carbons (Fsp3) is 0.780. The lowest BCUT2D eigenvalue weighted by atomic mass is 9.84. The highest BCUT2D eigenvalue weighted by atomic mass is 28.4. The van der Waals surface area contributed by atoms with Gasteiger partial charge in [-0.25, -0.2) is 0 Å². The van der Waals surface area contributed by atoms with Gasteiger partial charge in [0.05, 0.1) is 37.1 Å². The summed E-state index contributed by atoms with van der Waals surface area (Å²) in [6.07, 6.45) is 10.0. The molecule has 0 unspecified atom stereocenters. The van der Waals surface area contributed by atoms with Crippen LogP contribution < -0.4 is 0 Å². The number of unbranched alkanes of at least 4 members (excludes halogenated alkanes) is 1. The second-order valence-corrected chi connectivity index (χ2v) is 22.1. The lowest BCUT2D eigenvalue weighted by Gasteiger charge is -2.45. The van der Waals surface area contributed by atoms with Crippen molar-refractivity contribution in [3.05, 3.63) is 36.5 Å². The topological polar surface area (TPSA) is 136 Å². The van der Waals surface area contributed by atoms with E-state index in [1.807, 2.05) is 32.1 Å². The predicted octanol–water partition coefficient (Wildman–Crippen LogP) is 7.12. The number of aliphatic hydroxyl groups excluding tert-OH is 1. The summed E-state index contributed by atoms with van der Waals surface area (Å²) in [7, 11) is -2.24. The van der Waals surface area contributed by atoms with E-state index < -0.39 is 44.1 Å². The highest BCUT2D eigenvalue weighted by molar-refractivity contribution is 6.74. The van der Waals surface area contributed by atoms with Crippen molar-refractivity contribution in [1.29, 1.82) is 0 Å². The molecule has 53 heavy (non-hydrogen) atoms. The molecule has 4 heterocycles. The van der Waals surface area contributed by atoms with Crippen LogP contribution in [0.25, 0.3) is 0 Å². The Labute approximate surface area is 318 Å². The number of hydrogen-bond donors (Lipinski definition) is 1. The zero-order valence-corrected chi connectivity index (χ0v) is 34.8. The highest BCUT2D eigenvalue weighted by Gasteiger charge is 2.60. The number of ketones is 1. The van der Waals surface area contributed by atoms with E-state index in [-0.39, 0.29) is 59.5 Å². The Kier molecular flexibility index (Phi) is 14.6. The number of ether oxygens (including phenoxy) is 6. The third kappa shape index (κ3) is 11.0. The molecule has 0 amide bonds. The van der Waals surface area contributed by atoms with Crippen molar-refractivity contribution in [3.63, 3.8) is 0 Å². The van der Waals surface area contributed by atoms with E-state index in [2.05, 4.69) is 53.4 Å². The number of allylic oxidation sites excluding steroid dienone is 1. The maximum atomic E-state index is 13.8. The Hall–Kier alpha value is -2.19. The summed E-state index contributed by atoms with van der Waals surface area (Å²) in [5.74, 6) is -3.16. The number of fused-ring (bicyclic) bond motifs is 1. The van der Waals surface area contributed by atoms with Crippen molar-refractivity contribution < 1.29 is 52.3 Å². The van der Waals surface area contributed by atoms with Crippen molar-refractivity contribution >= 4 is 26.0 Å². The van der Waals surface area contributed by atoms with Crippen LogP contribution in [0.4, 0.5) is 0 Å². The summed E-state index contributed by atoms with van der Waals surface area (Å²) in [6, 6.07) is 0. The van der Waals surface area contributed by atoms with Crippen molar-refractivity contribution in [2.24, 2.45) is 17.8 Å². The number of esters is 2. The van der Waals surface area contributed by atoms with E-state index in [9.17, 15) is 19.5 Å². The minimum Gasteiger partial charge on any atom is -0.466 e. The van der Waals surface area contributed by atoms with Crippen molar-refractivity contribution in [1.82, 2.24) is 0 Å². The summed E-state index contributed by atoms with van der Waals surface area (Å²) < 4.78 is 43.5. The fourth-order valence-corrected chi connectivity index (χ4v) is 9.12. The van der Waals surface area contributed by atoms with Crippen LogP contribution in [0.2, 0.25) is 18.1 Å². The van der Waals surface area contributed by atoms with E-state index in [0.717, 1.165) is 12.8 Å². The molecule has 4 rings (SSSR count). The van der Waals surface area contributed by atoms with Crippen molar-refractivity contribution in [2.75, 3.05) is 13.2 Å². The van der Waals surface area contributed by atoms with Gasteiger partial charge in [0.15, 0.2) is 25.7 Å². The second-order valence-electron chi connectivity index (χ2n) is 17.4. The van der Waals surface area contributed by atoms with Gasteiger partial charge in [0.1, 0.15) is 12.7 Å². The molecule has 0 aromatic heterocycles. The predicted molar refractivity (Wildman–Crippen MR) is 203 cm³/mol. The van der Waals surface area contributed by atoms with Gasteiger partial charge in [0.2, 0.25) is 0 Å². The van der Waals surface area contributed by atoms with Crippen LogP contribution in [0.3, 0.4) is 0 Å². The standard InChI is InChI=1S/C41H66O11Si/c1-26(22-27(2)38(28(3)25-47-31(6)43)51-53(10,11)39(7,8)9)36(44)37(45)35-24-34-33(48-35)23-29(4)41(50-34)20-19-40(52-41)18-15-17-32(49-40)16-13-12-14-21-46-30(5)42/h13,15-17,26-27,29,32-35,37-38,45H,3,12,14,18-25H2,1-2,4-11H3/b16-13+/t26-,27+,29-,32-,33-,34-,35+,37-,38+,40+,41-/m1/s1. The normalized spacial score (nSPS) is 32.4. The van der Waals surface area contributed by atoms with Gasteiger partial charge >= 0.3 is 11.9 Å². The summed E-state index contributed by atoms with van der Waals surface area (Å²) in [4.78, 5) is 36.3. The third-order valence-corrected chi connectivity index (χ3v) is 16.3. The first-order valence-corrected chi connectivity index (χ1v) is 22.5. The van der Waals surface area contributed by atoms with Crippen LogP contribution in [0.5, 0.6) is 0 Å². The van der Waals surface area contributed by atoms with E-state index >= 15 is 0 Å². The molecule has 11 nitrogen and oxygen atoms in total. The van der Waals surface area contributed by atoms with Gasteiger partial charge in [0, 0.05) is 51.4 Å². The lowest BCUT2D eigenvalue weighted by molar-refractivity contribution is -0.365. The molecule has 0 aromatic carbocycles. The smallest absolute Gasteiger partial charge is 0.302 e. The molecule has 3 saturated heterocycles. The second kappa shape index (κ2) is 17.7. The van der Waals surface area contributed by atoms with Crippen LogP contribution in [0.15, 0.2) is 36.5 Å². The van der Waals surface area contributed by atoms with Gasteiger partial charge in [-0.2, -0.15) is 0 Å². The average molecular weight is 763 g/mol. The van der Waals surface area contributed by atoms with Crippen LogP contribution in [-0.2, 0) is 47.2 Å². The first-order valence-electron chi connectivity index (χ1n) is 19.6. The Morgan fingerprint density at radius 2 is 1.75 bits per heavy atom. The zero-order valence-electron chi connectivity index (χ0n) is 33.8. The summed E-state index contributed by atoms with van der Waals surface area (Å²) in [5, 5.41) is 11.4. The van der Waals surface area contributed by atoms with Crippen LogP contribution in [0, 0.1) is 17.8 Å². The first kappa shape index (κ1) is 43.5. The molecule has 4 aliphatic heterocycles. The molecule has 0 aromatic rings.